The molecule has 1 aliphatic carbocycles. The maximum absolute atomic E-state index is 13.3. The van der Waals surface area contributed by atoms with Crippen molar-refractivity contribution in [3.8, 4) is 11.8 Å². The van der Waals surface area contributed by atoms with Crippen molar-refractivity contribution >= 4 is 15.8 Å². The van der Waals surface area contributed by atoms with Gasteiger partial charge in [0.05, 0.1) is 11.4 Å². The molecular formula is C22H29NO3S. The summed E-state index contributed by atoms with van der Waals surface area (Å²) in [4.78, 5) is 12.0. The molecule has 1 unspecified atom stereocenters. The molecule has 1 atom stereocenters. The molecule has 0 bridgehead atoms. The van der Waals surface area contributed by atoms with E-state index in [4.69, 9.17) is 0 Å². The van der Waals surface area contributed by atoms with E-state index in [9.17, 15) is 13.2 Å². The lowest BCUT2D eigenvalue weighted by molar-refractivity contribution is -0.113. The van der Waals surface area contributed by atoms with Crippen molar-refractivity contribution in [1.82, 2.24) is 4.31 Å². The maximum atomic E-state index is 13.3. The first-order valence-electron chi connectivity index (χ1n) is 9.72. The van der Waals surface area contributed by atoms with Crippen LogP contribution in [0.15, 0.2) is 41.3 Å². The van der Waals surface area contributed by atoms with Crippen LogP contribution in [0.2, 0.25) is 0 Å². The van der Waals surface area contributed by atoms with Gasteiger partial charge in [0, 0.05) is 12.5 Å². The van der Waals surface area contributed by atoms with Crippen LogP contribution >= 0.6 is 0 Å². The average molecular weight is 388 g/mol. The Kier molecular flexibility index (Phi) is 8.27. The van der Waals surface area contributed by atoms with Gasteiger partial charge < -0.3 is 0 Å². The third kappa shape index (κ3) is 6.34. The van der Waals surface area contributed by atoms with Crippen molar-refractivity contribution in [2.45, 2.75) is 69.7 Å². The molecule has 0 aliphatic heterocycles. The van der Waals surface area contributed by atoms with Crippen LogP contribution in [-0.4, -0.2) is 31.1 Å². The highest BCUT2D eigenvalue weighted by Crippen LogP contribution is 2.24. The van der Waals surface area contributed by atoms with E-state index in [0.29, 0.717) is 6.42 Å². The summed E-state index contributed by atoms with van der Waals surface area (Å²) in [5.74, 6) is 5.26. The van der Waals surface area contributed by atoms with Crippen LogP contribution in [0.4, 0.5) is 0 Å². The first kappa shape index (κ1) is 21.4. The molecule has 1 aliphatic rings. The summed E-state index contributed by atoms with van der Waals surface area (Å²) in [6.07, 6.45) is 10.2. The Hall–Kier alpha value is -1.90. The van der Waals surface area contributed by atoms with E-state index in [1.54, 1.807) is 24.3 Å². The predicted octanol–water partition coefficient (Wildman–Crippen LogP) is 4.25. The van der Waals surface area contributed by atoms with Gasteiger partial charge in [-0.05, 0) is 50.7 Å². The lowest BCUT2D eigenvalue weighted by atomic mass is 10.0. The predicted molar refractivity (Wildman–Crippen MR) is 109 cm³/mol. The highest BCUT2D eigenvalue weighted by atomic mass is 32.2. The smallest absolute Gasteiger partial charge is 0.244 e. The number of nitrogens with zero attached hydrogens (tertiary/aromatic N) is 1. The van der Waals surface area contributed by atoms with Crippen LogP contribution < -0.4 is 0 Å². The summed E-state index contributed by atoms with van der Waals surface area (Å²) in [7, 11) is -3.69. The van der Waals surface area contributed by atoms with E-state index in [2.05, 4.69) is 17.9 Å². The Labute approximate surface area is 163 Å². The van der Waals surface area contributed by atoms with Crippen molar-refractivity contribution in [3.63, 3.8) is 0 Å². The van der Waals surface area contributed by atoms with Crippen molar-refractivity contribution in [3.05, 3.63) is 42.0 Å². The number of hydrogen-bond acceptors (Lipinski definition) is 3. The van der Waals surface area contributed by atoms with Crippen LogP contribution in [0.5, 0.6) is 0 Å². The van der Waals surface area contributed by atoms with Crippen molar-refractivity contribution in [2.24, 2.45) is 0 Å². The number of carbonyl (C=O) groups excluding carboxylic acids is 1. The number of sulfonamides is 1. The summed E-state index contributed by atoms with van der Waals surface area (Å²) in [5.41, 5.74) is 1.01. The second-order valence-electron chi connectivity index (χ2n) is 6.97. The van der Waals surface area contributed by atoms with Gasteiger partial charge in [0.15, 0.2) is 0 Å². The SMILES string of the molecule is CCCC(=O)C#CCN(C1/C=C\CCCCC1)S(=O)(=O)c1ccc(C)cc1. The van der Waals surface area contributed by atoms with Crippen LogP contribution in [0.25, 0.3) is 0 Å². The van der Waals surface area contributed by atoms with E-state index in [0.717, 1.165) is 44.1 Å². The number of benzene rings is 1. The number of Topliss-reactive ketones (excluding diaryl/α,β-unsaturated/α-hetero) is 1. The molecule has 5 heteroatoms. The molecular weight excluding hydrogens is 358 g/mol. The van der Waals surface area contributed by atoms with Crippen molar-refractivity contribution in [2.75, 3.05) is 6.54 Å². The van der Waals surface area contributed by atoms with E-state index in [1.807, 2.05) is 19.9 Å². The van der Waals surface area contributed by atoms with Gasteiger partial charge in [-0.3, -0.25) is 4.79 Å². The quantitative estimate of drug-likeness (QED) is 0.417. The van der Waals surface area contributed by atoms with E-state index >= 15 is 0 Å². The maximum Gasteiger partial charge on any atom is 0.244 e. The average Bonchev–Trinajstić information content (AvgIpc) is 2.60. The highest BCUT2D eigenvalue weighted by Gasteiger charge is 2.29. The number of ketones is 1. The monoisotopic (exact) mass is 387 g/mol. The van der Waals surface area contributed by atoms with Crippen LogP contribution in [0.3, 0.4) is 0 Å². The fraction of sp³-hybridized carbons (Fsp3) is 0.500. The molecule has 0 spiro atoms. The van der Waals surface area contributed by atoms with Gasteiger partial charge in [0.2, 0.25) is 15.8 Å². The van der Waals surface area contributed by atoms with Gasteiger partial charge >= 0.3 is 0 Å². The zero-order chi connectivity index (χ0) is 19.7. The summed E-state index contributed by atoms with van der Waals surface area (Å²) in [6, 6.07) is 6.65. The van der Waals surface area contributed by atoms with Crippen LogP contribution in [0.1, 0.15) is 57.4 Å². The molecule has 0 saturated heterocycles. The summed E-state index contributed by atoms with van der Waals surface area (Å²) in [6.45, 7) is 3.88. The minimum Gasteiger partial charge on any atom is -0.285 e. The van der Waals surface area contributed by atoms with E-state index < -0.39 is 10.0 Å². The van der Waals surface area contributed by atoms with Gasteiger partial charge in [0.1, 0.15) is 0 Å². The number of aryl methyl sites for hydroxylation is 1. The van der Waals surface area contributed by atoms with Gasteiger partial charge in [-0.2, -0.15) is 4.31 Å². The molecule has 146 valence electrons. The molecule has 0 fully saturated rings. The topological polar surface area (TPSA) is 54.5 Å². The molecule has 2 rings (SSSR count). The van der Waals surface area contributed by atoms with Crippen molar-refractivity contribution in [1.29, 1.82) is 0 Å². The Balaban J connectivity index is 2.33. The number of carbonyl (C=O) groups is 1. The first-order chi connectivity index (χ1) is 12.9. The lowest BCUT2D eigenvalue weighted by Gasteiger charge is -2.28. The number of hydrogen-bond donors (Lipinski definition) is 0. The fourth-order valence-corrected chi connectivity index (χ4v) is 4.63. The summed E-state index contributed by atoms with van der Waals surface area (Å²) >= 11 is 0. The molecule has 1 aromatic rings. The number of rotatable bonds is 6. The second kappa shape index (κ2) is 10.4. The molecule has 0 heterocycles. The van der Waals surface area contributed by atoms with Crippen LogP contribution in [-0.2, 0) is 14.8 Å². The van der Waals surface area contributed by atoms with Gasteiger partial charge in [-0.25, -0.2) is 8.42 Å². The Bertz CT molecular complexity index is 813. The molecule has 0 amide bonds. The van der Waals surface area contributed by atoms with Gasteiger partial charge in [-0.15, -0.1) is 0 Å². The second-order valence-corrected chi connectivity index (χ2v) is 8.86. The molecule has 27 heavy (non-hydrogen) atoms. The molecule has 0 saturated carbocycles. The largest absolute Gasteiger partial charge is 0.285 e. The zero-order valence-electron chi connectivity index (χ0n) is 16.3. The Morgan fingerprint density at radius 2 is 1.93 bits per heavy atom. The molecule has 4 nitrogen and oxygen atoms in total. The lowest BCUT2D eigenvalue weighted by Crippen LogP contribution is -2.39. The summed E-state index contributed by atoms with van der Waals surface area (Å²) in [5, 5.41) is 0. The standard InChI is InChI=1S/C22H29NO3S/c1-3-10-21(24)13-9-18-23(20-11-7-5-4-6-8-12-20)27(25,26)22-16-14-19(2)15-17-22/h7,11,14-17,20H,3-6,8,10,12,18H2,1-2H3/b11-7-. The molecule has 0 radical (unpaired) electrons. The van der Waals surface area contributed by atoms with Crippen LogP contribution in [0, 0.1) is 18.8 Å². The molecule has 0 aromatic heterocycles. The third-order valence-corrected chi connectivity index (χ3v) is 6.55. The number of allylic oxidation sites excluding steroid dienone is 1. The first-order valence-corrected chi connectivity index (χ1v) is 11.2. The molecule has 0 N–H and O–H groups in total. The normalized spacial score (nSPS) is 18.9. The summed E-state index contributed by atoms with van der Waals surface area (Å²) < 4.78 is 28.0. The minimum atomic E-state index is -3.69. The zero-order valence-corrected chi connectivity index (χ0v) is 17.1. The molecule has 1 aromatic carbocycles. The van der Waals surface area contributed by atoms with E-state index in [1.165, 1.54) is 4.31 Å². The van der Waals surface area contributed by atoms with Crippen molar-refractivity contribution < 1.29 is 13.2 Å². The Morgan fingerprint density at radius 3 is 2.63 bits per heavy atom. The van der Waals surface area contributed by atoms with Gasteiger partial charge in [-0.1, -0.05) is 55.5 Å². The third-order valence-electron chi connectivity index (χ3n) is 4.67. The van der Waals surface area contributed by atoms with Gasteiger partial charge in [0.25, 0.3) is 0 Å². The minimum absolute atomic E-state index is 0.0284. The fourth-order valence-electron chi connectivity index (χ4n) is 3.11. The van der Waals surface area contributed by atoms with E-state index in [-0.39, 0.29) is 23.3 Å². The Morgan fingerprint density at radius 1 is 1.19 bits per heavy atom. The highest BCUT2D eigenvalue weighted by molar-refractivity contribution is 7.89.